The van der Waals surface area contributed by atoms with Crippen LogP contribution in [0.5, 0.6) is 5.75 Å². The maximum atomic E-state index is 12.0. The number of carbonyl (C=O) groups excluding carboxylic acids is 2. The van der Waals surface area contributed by atoms with Crippen LogP contribution in [0.1, 0.15) is 85.2 Å². The van der Waals surface area contributed by atoms with Gasteiger partial charge in [-0.25, -0.2) is 4.79 Å². The maximum Gasteiger partial charge on any atom is 0.338 e. The summed E-state index contributed by atoms with van der Waals surface area (Å²) in [7, 11) is 0. The first-order valence-corrected chi connectivity index (χ1v) is 15.8. The Hall–Kier alpha value is -3.38. The summed E-state index contributed by atoms with van der Waals surface area (Å²) in [6, 6.07) is 20.2. The molecule has 3 rings (SSSR count). The predicted molar refractivity (Wildman–Crippen MR) is 168 cm³/mol. The van der Waals surface area contributed by atoms with Crippen molar-refractivity contribution >= 4 is 29.4 Å². The van der Waals surface area contributed by atoms with E-state index in [1.165, 1.54) is 11.3 Å². The molecule has 0 saturated heterocycles. The quantitative estimate of drug-likeness (QED) is 0.105. The highest BCUT2D eigenvalue weighted by molar-refractivity contribution is 7.09. The minimum atomic E-state index is -0.298. The Labute approximate surface area is 249 Å². The SMILES string of the molecule is CCOC(=O)CCCCC(/C=C/c1ccccc1OCCCCCc1cccs1)Cc1ccc(C(=O)OCC)cc1. The van der Waals surface area contributed by atoms with Gasteiger partial charge in [-0.2, -0.15) is 0 Å². The third-order valence-electron chi connectivity index (χ3n) is 6.85. The number of ether oxygens (including phenoxy) is 3. The van der Waals surface area contributed by atoms with Gasteiger partial charge in [-0.15, -0.1) is 11.3 Å². The van der Waals surface area contributed by atoms with Crippen LogP contribution in [0.3, 0.4) is 0 Å². The fraction of sp³-hybridized carbons (Fsp3) is 0.429. The van der Waals surface area contributed by atoms with Gasteiger partial charge in [0.1, 0.15) is 5.75 Å². The molecule has 5 nitrogen and oxygen atoms in total. The van der Waals surface area contributed by atoms with Crippen molar-refractivity contribution in [2.75, 3.05) is 19.8 Å². The van der Waals surface area contributed by atoms with Gasteiger partial charge in [0.25, 0.3) is 0 Å². The smallest absolute Gasteiger partial charge is 0.338 e. The highest BCUT2D eigenvalue weighted by Crippen LogP contribution is 2.24. The number of benzene rings is 2. The first kappa shape index (κ1) is 32.1. The highest BCUT2D eigenvalue weighted by Gasteiger charge is 2.11. The number of hydrogen-bond donors (Lipinski definition) is 0. The number of unbranched alkanes of at least 4 members (excludes halogenated alkanes) is 3. The molecule has 0 N–H and O–H groups in total. The molecule has 1 aromatic heterocycles. The molecule has 2 aromatic carbocycles. The number of allylic oxidation sites excluding steroid dienone is 1. The Morgan fingerprint density at radius 1 is 0.854 bits per heavy atom. The molecule has 0 fully saturated rings. The highest BCUT2D eigenvalue weighted by atomic mass is 32.1. The molecule has 1 heterocycles. The van der Waals surface area contributed by atoms with E-state index < -0.39 is 0 Å². The van der Waals surface area contributed by atoms with Crippen molar-refractivity contribution in [3.8, 4) is 5.75 Å². The molecule has 220 valence electrons. The molecule has 0 radical (unpaired) electrons. The average Bonchev–Trinajstić information content (AvgIpc) is 3.50. The van der Waals surface area contributed by atoms with Gasteiger partial charge >= 0.3 is 11.9 Å². The van der Waals surface area contributed by atoms with Crippen molar-refractivity contribution < 1.29 is 23.8 Å². The number of carbonyl (C=O) groups is 2. The van der Waals surface area contributed by atoms with E-state index in [0.29, 0.717) is 31.8 Å². The van der Waals surface area contributed by atoms with Crippen molar-refractivity contribution in [3.05, 3.63) is 93.7 Å². The van der Waals surface area contributed by atoms with Gasteiger partial charge in [0, 0.05) is 16.9 Å². The van der Waals surface area contributed by atoms with Crippen LogP contribution in [0.15, 0.2) is 72.1 Å². The molecule has 0 aliphatic rings. The van der Waals surface area contributed by atoms with E-state index in [0.717, 1.165) is 61.8 Å². The molecule has 1 unspecified atom stereocenters. The number of thiophene rings is 1. The number of hydrogen-bond acceptors (Lipinski definition) is 6. The van der Waals surface area contributed by atoms with E-state index in [4.69, 9.17) is 14.2 Å². The molecule has 0 spiro atoms. The monoisotopic (exact) mass is 576 g/mol. The largest absolute Gasteiger partial charge is 0.493 e. The minimum absolute atomic E-state index is 0.133. The van der Waals surface area contributed by atoms with E-state index in [1.807, 2.05) is 67.6 Å². The summed E-state index contributed by atoms with van der Waals surface area (Å²) in [6.07, 6.45) is 12.9. The molecular formula is C35H44O5S. The van der Waals surface area contributed by atoms with Crippen LogP contribution >= 0.6 is 11.3 Å². The fourth-order valence-electron chi connectivity index (χ4n) is 4.67. The summed E-state index contributed by atoms with van der Waals surface area (Å²) < 4.78 is 16.4. The Bertz CT molecular complexity index is 1180. The molecule has 6 heteroatoms. The molecule has 41 heavy (non-hydrogen) atoms. The molecule has 3 aromatic rings. The van der Waals surface area contributed by atoms with Crippen LogP contribution in [-0.4, -0.2) is 31.8 Å². The molecule has 0 amide bonds. The second-order valence-corrected chi connectivity index (χ2v) is 11.1. The summed E-state index contributed by atoms with van der Waals surface area (Å²) >= 11 is 1.83. The van der Waals surface area contributed by atoms with Crippen molar-refractivity contribution in [1.29, 1.82) is 0 Å². The van der Waals surface area contributed by atoms with Gasteiger partial charge in [-0.3, -0.25) is 4.79 Å². The molecule has 1 atom stereocenters. The third kappa shape index (κ3) is 12.3. The second-order valence-electron chi connectivity index (χ2n) is 10.1. The van der Waals surface area contributed by atoms with E-state index >= 15 is 0 Å². The summed E-state index contributed by atoms with van der Waals surface area (Å²) in [5.74, 6) is 0.748. The van der Waals surface area contributed by atoms with Gasteiger partial charge in [0.2, 0.25) is 0 Å². The first-order chi connectivity index (χ1) is 20.1. The zero-order valence-corrected chi connectivity index (χ0v) is 25.3. The lowest BCUT2D eigenvalue weighted by atomic mass is 9.92. The zero-order valence-electron chi connectivity index (χ0n) is 24.5. The lowest BCUT2D eigenvalue weighted by Gasteiger charge is -2.14. The number of esters is 2. The van der Waals surface area contributed by atoms with Gasteiger partial charge in [0.05, 0.1) is 25.4 Å². The molecule has 0 aliphatic heterocycles. The summed E-state index contributed by atoms with van der Waals surface area (Å²) in [4.78, 5) is 25.3. The predicted octanol–water partition coefficient (Wildman–Crippen LogP) is 8.71. The molecular weight excluding hydrogens is 532 g/mol. The standard InChI is InChI=1S/C35H44O5S/c1-3-38-34(36)18-10-7-13-28(27-29-20-23-31(24-21-29)35(37)39-4-2)19-22-30-14-8-9-17-33(30)40-25-11-5-6-15-32-16-12-26-41-32/h8-9,12,14,16-17,19-24,26,28H,3-7,10-11,13,15,18,25,27H2,1-2H3/b22-19+. The fourth-order valence-corrected chi connectivity index (χ4v) is 5.43. The van der Waals surface area contributed by atoms with Crippen molar-refractivity contribution in [1.82, 2.24) is 0 Å². The Kier molecular flexibility index (Phi) is 14.8. The van der Waals surface area contributed by atoms with Gasteiger partial charge in [-0.1, -0.05) is 55.0 Å². The Morgan fingerprint density at radius 3 is 2.41 bits per heavy atom. The summed E-state index contributed by atoms with van der Waals surface area (Å²) in [5.41, 5.74) is 2.79. The molecule has 0 saturated carbocycles. The molecule has 0 aliphatic carbocycles. The minimum Gasteiger partial charge on any atom is -0.493 e. The normalized spacial score (nSPS) is 11.9. The van der Waals surface area contributed by atoms with Crippen LogP contribution in [0, 0.1) is 5.92 Å². The van der Waals surface area contributed by atoms with Gasteiger partial charge < -0.3 is 14.2 Å². The molecule has 0 bridgehead atoms. The van der Waals surface area contributed by atoms with Gasteiger partial charge in [-0.05, 0) is 99.9 Å². The average molecular weight is 577 g/mol. The zero-order chi connectivity index (χ0) is 29.1. The number of rotatable bonds is 19. The first-order valence-electron chi connectivity index (χ1n) is 14.9. The lowest BCUT2D eigenvalue weighted by molar-refractivity contribution is -0.143. The maximum absolute atomic E-state index is 12.0. The number of para-hydroxylation sites is 1. The second kappa shape index (κ2) is 18.9. The van der Waals surface area contributed by atoms with Crippen molar-refractivity contribution in [2.24, 2.45) is 5.92 Å². The Morgan fingerprint density at radius 2 is 1.66 bits per heavy atom. The van der Waals surface area contributed by atoms with Crippen LogP contribution in [0.2, 0.25) is 0 Å². The van der Waals surface area contributed by atoms with E-state index in [-0.39, 0.29) is 17.9 Å². The van der Waals surface area contributed by atoms with Crippen LogP contribution < -0.4 is 4.74 Å². The summed E-state index contributed by atoms with van der Waals surface area (Å²) in [6.45, 7) is 5.13. The van der Waals surface area contributed by atoms with Crippen molar-refractivity contribution in [2.45, 2.75) is 71.6 Å². The van der Waals surface area contributed by atoms with Crippen molar-refractivity contribution in [3.63, 3.8) is 0 Å². The van der Waals surface area contributed by atoms with E-state index in [1.54, 1.807) is 0 Å². The van der Waals surface area contributed by atoms with E-state index in [2.05, 4.69) is 35.7 Å². The van der Waals surface area contributed by atoms with Crippen LogP contribution in [0.4, 0.5) is 0 Å². The van der Waals surface area contributed by atoms with Gasteiger partial charge in [0.15, 0.2) is 0 Å². The van der Waals surface area contributed by atoms with Crippen LogP contribution in [0.25, 0.3) is 6.08 Å². The lowest BCUT2D eigenvalue weighted by Crippen LogP contribution is -2.06. The number of aryl methyl sites for hydroxylation is 1. The van der Waals surface area contributed by atoms with E-state index in [9.17, 15) is 9.59 Å². The summed E-state index contributed by atoms with van der Waals surface area (Å²) in [5, 5.41) is 2.14. The van der Waals surface area contributed by atoms with Crippen LogP contribution in [-0.2, 0) is 27.1 Å². The topological polar surface area (TPSA) is 61.8 Å². The Balaban J connectivity index is 1.58. The third-order valence-corrected chi connectivity index (χ3v) is 7.78.